The van der Waals surface area contributed by atoms with E-state index in [1.54, 1.807) is 12.1 Å². The molecular formula is C13H15BrO3. The number of Topliss-reactive ketones (excluding diaryl/α,β-unsaturated/α-hetero) is 1. The fourth-order valence-corrected chi connectivity index (χ4v) is 2.02. The van der Waals surface area contributed by atoms with Gasteiger partial charge in [0.1, 0.15) is 6.61 Å². The van der Waals surface area contributed by atoms with Crippen LogP contribution in [0, 0.1) is 0 Å². The maximum atomic E-state index is 11.8. The quantitative estimate of drug-likeness (QED) is 0.802. The van der Waals surface area contributed by atoms with Crippen molar-refractivity contribution >= 4 is 21.7 Å². The zero-order chi connectivity index (χ0) is 12.1. The Morgan fingerprint density at radius 1 is 1.29 bits per heavy atom. The van der Waals surface area contributed by atoms with Crippen LogP contribution >= 0.6 is 15.9 Å². The SMILES string of the molecule is O=C(COC1CCOCC1)c1ccc(Br)cc1. The molecular weight excluding hydrogens is 284 g/mol. The molecule has 0 radical (unpaired) electrons. The van der Waals surface area contributed by atoms with E-state index in [4.69, 9.17) is 9.47 Å². The molecule has 0 spiro atoms. The number of carbonyl (C=O) groups excluding carboxylic acids is 1. The lowest BCUT2D eigenvalue weighted by Crippen LogP contribution is -2.25. The minimum absolute atomic E-state index is 0.0315. The van der Waals surface area contributed by atoms with Gasteiger partial charge in [-0.25, -0.2) is 0 Å². The van der Waals surface area contributed by atoms with Gasteiger partial charge in [-0.05, 0) is 25.0 Å². The minimum Gasteiger partial charge on any atom is -0.381 e. The lowest BCUT2D eigenvalue weighted by Gasteiger charge is -2.21. The molecule has 0 aromatic heterocycles. The van der Waals surface area contributed by atoms with Gasteiger partial charge in [-0.2, -0.15) is 0 Å². The van der Waals surface area contributed by atoms with E-state index < -0.39 is 0 Å². The van der Waals surface area contributed by atoms with Crippen LogP contribution in [0.1, 0.15) is 23.2 Å². The van der Waals surface area contributed by atoms with Gasteiger partial charge >= 0.3 is 0 Å². The molecule has 2 rings (SSSR count). The van der Waals surface area contributed by atoms with Gasteiger partial charge in [-0.15, -0.1) is 0 Å². The maximum absolute atomic E-state index is 11.8. The molecule has 1 saturated heterocycles. The summed E-state index contributed by atoms with van der Waals surface area (Å²) in [5, 5.41) is 0. The molecule has 4 heteroatoms. The Kier molecular flexibility index (Phi) is 4.71. The second-order valence-corrected chi connectivity index (χ2v) is 4.97. The summed E-state index contributed by atoms with van der Waals surface area (Å²) < 4.78 is 11.8. The highest BCUT2D eigenvalue weighted by atomic mass is 79.9. The van der Waals surface area contributed by atoms with Crippen molar-refractivity contribution in [2.45, 2.75) is 18.9 Å². The van der Waals surface area contributed by atoms with Crippen molar-refractivity contribution in [2.75, 3.05) is 19.8 Å². The number of ketones is 1. The Bertz CT molecular complexity index is 369. The van der Waals surface area contributed by atoms with Crippen LogP contribution in [0.15, 0.2) is 28.7 Å². The summed E-state index contributed by atoms with van der Waals surface area (Å²) in [4.78, 5) is 11.8. The first-order chi connectivity index (χ1) is 8.25. The van der Waals surface area contributed by atoms with Crippen molar-refractivity contribution in [3.05, 3.63) is 34.3 Å². The van der Waals surface area contributed by atoms with Gasteiger partial charge in [0.2, 0.25) is 0 Å². The van der Waals surface area contributed by atoms with Gasteiger partial charge in [0.25, 0.3) is 0 Å². The van der Waals surface area contributed by atoms with Crippen LogP contribution in [0.3, 0.4) is 0 Å². The van der Waals surface area contributed by atoms with Crippen LogP contribution < -0.4 is 0 Å². The van der Waals surface area contributed by atoms with Gasteiger partial charge in [-0.1, -0.05) is 28.1 Å². The van der Waals surface area contributed by atoms with Crippen molar-refractivity contribution in [2.24, 2.45) is 0 Å². The molecule has 1 heterocycles. The van der Waals surface area contributed by atoms with E-state index in [-0.39, 0.29) is 18.5 Å². The molecule has 0 atom stereocenters. The summed E-state index contributed by atoms with van der Waals surface area (Å²) >= 11 is 3.34. The first-order valence-electron chi connectivity index (χ1n) is 5.74. The summed E-state index contributed by atoms with van der Waals surface area (Å²) in [7, 11) is 0. The zero-order valence-corrected chi connectivity index (χ0v) is 11.1. The topological polar surface area (TPSA) is 35.5 Å². The highest BCUT2D eigenvalue weighted by molar-refractivity contribution is 9.10. The second kappa shape index (κ2) is 6.28. The van der Waals surface area contributed by atoms with E-state index in [9.17, 15) is 4.79 Å². The third-order valence-corrected chi connectivity index (χ3v) is 3.31. The molecule has 1 aliphatic rings. The van der Waals surface area contributed by atoms with E-state index in [0.717, 1.165) is 30.5 Å². The molecule has 92 valence electrons. The van der Waals surface area contributed by atoms with Gasteiger partial charge in [-0.3, -0.25) is 4.79 Å². The van der Waals surface area contributed by atoms with E-state index in [0.29, 0.717) is 5.56 Å². The lowest BCUT2D eigenvalue weighted by atomic mass is 10.1. The van der Waals surface area contributed by atoms with Crippen molar-refractivity contribution < 1.29 is 14.3 Å². The first-order valence-corrected chi connectivity index (χ1v) is 6.53. The summed E-state index contributed by atoms with van der Waals surface area (Å²) in [6.45, 7) is 1.63. The van der Waals surface area contributed by atoms with Gasteiger partial charge in [0.05, 0.1) is 6.10 Å². The van der Waals surface area contributed by atoms with Crippen LogP contribution in [-0.4, -0.2) is 31.7 Å². The van der Waals surface area contributed by atoms with E-state index >= 15 is 0 Å². The van der Waals surface area contributed by atoms with Gasteiger partial charge in [0.15, 0.2) is 5.78 Å². The number of halogens is 1. The van der Waals surface area contributed by atoms with Crippen molar-refractivity contribution in [3.8, 4) is 0 Å². The van der Waals surface area contributed by atoms with Crippen LogP contribution in [0.2, 0.25) is 0 Å². The predicted molar refractivity (Wildman–Crippen MR) is 68.3 cm³/mol. The molecule has 1 fully saturated rings. The van der Waals surface area contributed by atoms with Gasteiger partial charge < -0.3 is 9.47 Å². The average molecular weight is 299 g/mol. The Labute approximate surface area is 109 Å². The van der Waals surface area contributed by atoms with E-state index in [2.05, 4.69) is 15.9 Å². The molecule has 0 unspecified atom stereocenters. The molecule has 0 saturated carbocycles. The minimum atomic E-state index is 0.0315. The van der Waals surface area contributed by atoms with Crippen LogP contribution in [-0.2, 0) is 9.47 Å². The summed E-state index contributed by atoms with van der Waals surface area (Å²) in [6, 6.07) is 7.34. The number of hydrogen-bond donors (Lipinski definition) is 0. The van der Waals surface area contributed by atoms with E-state index in [1.807, 2.05) is 12.1 Å². The molecule has 3 nitrogen and oxygen atoms in total. The number of hydrogen-bond acceptors (Lipinski definition) is 3. The first kappa shape index (κ1) is 12.7. The smallest absolute Gasteiger partial charge is 0.188 e. The van der Waals surface area contributed by atoms with Crippen LogP contribution in [0.25, 0.3) is 0 Å². The Morgan fingerprint density at radius 2 is 1.94 bits per heavy atom. The number of benzene rings is 1. The highest BCUT2D eigenvalue weighted by Crippen LogP contribution is 2.13. The Morgan fingerprint density at radius 3 is 2.59 bits per heavy atom. The maximum Gasteiger partial charge on any atom is 0.188 e. The number of rotatable bonds is 4. The molecule has 17 heavy (non-hydrogen) atoms. The summed E-state index contributed by atoms with van der Waals surface area (Å²) in [6.07, 6.45) is 1.93. The van der Waals surface area contributed by atoms with Crippen LogP contribution in [0.5, 0.6) is 0 Å². The lowest BCUT2D eigenvalue weighted by molar-refractivity contribution is -0.0262. The number of ether oxygens (including phenoxy) is 2. The third kappa shape index (κ3) is 3.91. The normalized spacial score (nSPS) is 17.0. The molecule has 0 bridgehead atoms. The summed E-state index contributed by atoms with van der Waals surface area (Å²) in [5.74, 6) is 0.0315. The molecule has 1 aromatic carbocycles. The predicted octanol–water partition coefficient (Wildman–Crippen LogP) is 2.83. The van der Waals surface area contributed by atoms with Crippen molar-refractivity contribution in [1.29, 1.82) is 0 Å². The third-order valence-electron chi connectivity index (χ3n) is 2.78. The average Bonchev–Trinajstić information content (AvgIpc) is 2.38. The monoisotopic (exact) mass is 298 g/mol. The molecule has 0 N–H and O–H groups in total. The van der Waals surface area contributed by atoms with Crippen molar-refractivity contribution in [1.82, 2.24) is 0 Å². The number of carbonyl (C=O) groups is 1. The second-order valence-electron chi connectivity index (χ2n) is 4.05. The zero-order valence-electron chi connectivity index (χ0n) is 9.52. The fourth-order valence-electron chi connectivity index (χ4n) is 1.76. The van der Waals surface area contributed by atoms with E-state index in [1.165, 1.54) is 0 Å². The Hall–Kier alpha value is -0.710. The van der Waals surface area contributed by atoms with Gasteiger partial charge in [0, 0.05) is 23.2 Å². The molecule has 0 aliphatic carbocycles. The highest BCUT2D eigenvalue weighted by Gasteiger charge is 2.16. The molecule has 1 aromatic rings. The van der Waals surface area contributed by atoms with Crippen molar-refractivity contribution in [3.63, 3.8) is 0 Å². The van der Waals surface area contributed by atoms with Crippen LogP contribution in [0.4, 0.5) is 0 Å². The largest absolute Gasteiger partial charge is 0.381 e. The molecule has 0 amide bonds. The molecule has 1 aliphatic heterocycles. The standard InChI is InChI=1S/C13H15BrO3/c14-11-3-1-10(2-4-11)13(15)9-17-12-5-7-16-8-6-12/h1-4,12H,5-9H2. The Balaban J connectivity index is 1.82. The fraction of sp³-hybridized carbons (Fsp3) is 0.462. The summed E-state index contributed by atoms with van der Waals surface area (Å²) in [5.41, 5.74) is 0.695.